The number of nitrogens with zero attached hydrogens (tertiary/aromatic N) is 3. The first-order valence-electron chi connectivity index (χ1n) is 11.4. The first-order chi connectivity index (χ1) is 16.0. The lowest BCUT2D eigenvalue weighted by atomic mass is 10.0. The van der Waals surface area contributed by atoms with Crippen molar-refractivity contribution in [1.29, 1.82) is 0 Å². The topological polar surface area (TPSA) is 61.5 Å². The first kappa shape index (κ1) is 21.4. The Morgan fingerprint density at radius 2 is 1.91 bits per heavy atom. The first-order valence-corrected chi connectivity index (χ1v) is 11.4. The van der Waals surface area contributed by atoms with Crippen LogP contribution in [0.3, 0.4) is 0 Å². The smallest absolute Gasteiger partial charge is 0.141 e. The van der Waals surface area contributed by atoms with Crippen LogP contribution in [0.15, 0.2) is 54.7 Å². The van der Waals surface area contributed by atoms with E-state index in [1.54, 1.807) is 13.1 Å². The predicted octanol–water partition coefficient (Wildman–Crippen LogP) is 5.04. The molecule has 1 aliphatic heterocycles. The number of aromatic nitrogens is 2. The highest BCUT2D eigenvalue weighted by Crippen LogP contribution is 2.34. The summed E-state index contributed by atoms with van der Waals surface area (Å²) in [5, 5.41) is 21.7. The largest absolute Gasteiger partial charge is 0.506 e. The highest BCUT2D eigenvalue weighted by molar-refractivity contribution is 5.89. The van der Waals surface area contributed by atoms with Gasteiger partial charge in [0.15, 0.2) is 0 Å². The minimum atomic E-state index is -0.127. The van der Waals surface area contributed by atoms with Gasteiger partial charge in [0.1, 0.15) is 5.75 Å². The second-order valence-electron chi connectivity index (χ2n) is 8.86. The van der Waals surface area contributed by atoms with Crippen LogP contribution < -0.4 is 0 Å². The van der Waals surface area contributed by atoms with Gasteiger partial charge in [-0.2, -0.15) is 0 Å². The summed E-state index contributed by atoms with van der Waals surface area (Å²) in [6, 6.07) is 17.0. The number of aliphatic hydroxyl groups excluding tert-OH is 1. The van der Waals surface area contributed by atoms with E-state index in [9.17, 15) is 10.2 Å². The van der Waals surface area contributed by atoms with E-state index in [1.165, 1.54) is 33.3 Å². The molecule has 2 aromatic carbocycles. The number of hydrogen-bond acceptors (Lipinski definition) is 4. The molecular formula is C28H29N3O2. The zero-order chi connectivity index (χ0) is 22.9. The summed E-state index contributed by atoms with van der Waals surface area (Å²) in [6.07, 6.45) is 6.94. The summed E-state index contributed by atoms with van der Waals surface area (Å²) in [4.78, 5) is 6.55. The molecule has 0 aliphatic carbocycles. The van der Waals surface area contributed by atoms with Gasteiger partial charge in [-0.3, -0.25) is 9.88 Å². The number of fused-ring (bicyclic) bond motifs is 3. The van der Waals surface area contributed by atoms with E-state index in [0.29, 0.717) is 17.8 Å². The third kappa shape index (κ3) is 4.06. The molecule has 2 aromatic heterocycles. The Kier molecular flexibility index (Phi) is 5.75. The van der Waals surface area contributed by atoms with E-state index in [4.69, 9.17) is 0 Å². The zero-order valence-electron chi connectivity index (χ0n) is 19.1. The molecule has 0 amide bonds. The van der Waals surface area contributed by atoms with Crippen LogP contribution in [0.25, 0.3) is 23.2 Å². The summed E-state index contributed by atoms with van der Waals surface area (Å²) in [5.41, 5.74) is 8.39. The normalized spacial score (nSPS) is 14.3. The fourth-order valence-electron chi connectivity index (χ4n) is 4.81. The van der Waals surface area contributed by atoms with Gasteiger partial charge in [-0.15, -0.1) is 0 Å². The number of rotatable bonds is 5. The Morgan fingerprint density at radius 1 is 1.09 bits per heavy atom. The molecule has 1 aliphatic rings. The third-order valence-corrected chi connectivity index (χ3v) is 6.62. The minimum absolute atomic E-state index is 0.127. The molecule has 0 radical (unpaired) electrons. The van der Waals surface area contributed by atoms with Crippen molar-refractivity contribution in [1.82, 2.24) is 14.5 Å². The zero-order valence-corrected chi connectivity index (χ0v) is 19.1. The van der Waals surface area contributed by atoms with Crippen LogP contribution >= 0.6 is 0 Å². The minimum Gasteiger partial charge on any atom is -0.506 e. The highest BCUT2D eigenvalue weighted by Gasteiger charge is 2.25. The summed E-state index contributed by atoms with van der Waals surface area (Å²) in [6.45, 7) is 6.07. The monoisotopic (exact) mass is 439 g/mol. The number of pyridine rings is 1. The Hall–Kier alpha value is -3.41. The van der Waals surface area contributed by atoms with Gasteiger partial charge in [0.05, 0.1) is 17.8 Å². The number of aromatic hydroxyl groups is 1. The maximum Gasteiger partial charge on any atom is 0.141 e. The number of benzene rings is 2. The second kappa shape index (κ2) is 8.85. The van der Waals surface area contributed by atoms with Crippen molar-refractivity contribution in [3.63, 3.8) is 0 Å². The van der Waals surface area contributed by atoms with Gasteiger partial charge in [-0.1, -0.05) is 42.0 Å². The summed E-state index contributed by atoms with van der Waals surface area (Å²) in [5.74, 6) is 0.191. The van der Waals surface area contributed by atoms with Gasteiger partial charge in [-0.05, 0) is 43.2 Å². The lowest BCUT2D eigenvalue weighted by molar-refractivity contribution is 0.234. The second-order valence-corrected chi connectivity index (χ2v) is 8.86. The van der Waals surface area contributed by atoms with Crippen molar-refractivity contribution in [2.24, 2.45) is 0 Å². The fourth-order valence-corrected chi connectivity index (χ4v) is 4.81. The molecule has 0 fully saturated rings. The van der Waals surface area contributed by atoms with E-state index in [1.807, 2.05) is 6.07 Å². The van der Waals surface area contributed by atoms with Crippen LogP contribution in [0, 0.1) is 13.8 Å². The lowest BCUT2D eigenvalue weighted by Gasteiger charge is -2.29. The van der Waals surface area contributed by atoms with Gasteiger partial charge in [0.2, 0.25) is 0 Å². The quantitative estimate of drug-likeness (QED) is 0.458. The summed E-state index contributed by atoms with van der Waals surface area (Å²) in [7, 11) is 0. The van der Waals surface area contributed by atoms with Crippen LogP contribution in [0.4, 0.5) is 0 Å². The highest BCUT2D eigenvalue weighted by atomic mass is 16.3. The van der Waals surface area contributed by atoms with Gasteiger partial charge < -0.3 is 14.8 Å². The molecule has 4 aromatic rings. The molecule has 3 heterocycles. The van der Waals surface area contributed by atoms with Gasteiger partial charge in [-0.25, -0.2) is 0 Å². The summed E-state index contributed by atoms with van der Waals surface area (Å²) >= 11 is 0. The summed E-state index contributed by atoms with van der Waals surface area (Å²) < 4.78 is 2.33. The lowest BCUT2D eigenvalue weighted by Crippen LogP contribution is -2.31. The molecule has 33 heavy (non-hydrogen) atoms. The van der Waals surface area contributed by atoms with Gasteiger partial charge >= 0.3 is 0 Å². The molecule has 0 saturated heterocycles. The molecule has 0 spiro atoms. The molecule has 2 N–H and O–H groups in total. The van der Waals surface area contributed by atoms with Crippen LogP contribution in [0.1, 0.15) is 39.2 Å². The van der Waals surface area contributed by atoms with Crippen LogP contribution in [-0.4, -0.2) is 31.2 Å². The Labute approximate surface area is 194 Å². The van der Waals surface area contributed by atoms with Gasteiger partial charge in [0, 0.05) is 60.7 Å². The van der Waals surface area contributed by atoms with Crippen molar-refractivity contribution in [2.75, 3.05) is 6.54 Å². The fraction of sp³-hybridized carbons (Fsp3) is 0.250. The van der Waals surface area contributed by atoms with Crippen LogP contribution in [-0.2, 0) is 26.1 Å². The van der Waals surface area contributed by atoms with Crippen molar-refractivity contribution in [2.45, 2.75) is 40.0 Å². The maximum atomic E-state index is 10.6. The SMILES string of the molecule is Cc1ccc2c(c1)c1c(n2C=Cc2ccccc2)CCN(Cc2c(CO)cnc(C)c2O)C1. The molecule has 168 valence electrons. The molecule has 0 bridgehead atoms. The Morgan fingerprint density at radius 3 is 2.70 bits per heavy atom. The third-order valence-electron chi connectivity index (χ3n) is 6.62. The van der Waals surface area contributed by atoms with E-state index < -0.39 is 0 Å². The molecule has 0 atom stereocenters. The van der Waals surface area contributed by atoms with Crippen LogP contribution in [0.5, 0.6) is 5.75 Å². The Bertz CT molecular complexity index is 1340. The van der Waals surface area contributed by atoms with E-state index in [-0.39, 0.29) is 12.4 Å². The van der Waals surface area contributed by atoms with Crippen molar-refractivity contribution >= 4 is 23.2 Å². The van der Waals surface area contributed by atoms with Crippen molar-refractivity contribution in [3.8, 4) is 5.75 Å². The van der Waals surface area contributed by atoms with E-state index in [0.717, 1.165) is 25.1 Å². The van der Waals surface area contributed by atoms with Crippen LogP contribution in [0.2, 0.25) is 0 Å². The Balaban J connectivity index is 1.52. The molecule has 5 nitrogen and oxygen atoms in total. The average molecular weight is 440 g/mol. The van der Waals surface area contributed by atoms with Gasteiger partial charge in [0.25, 0.3) is 0 Å². The van der Waals surface area contributed by atoms with E-state index >= 15 is 0 Å². The maximum absolute atomic E-state index is 10.6. The molecule has 5 heteroatoms. The number of aryl methyl sites for hydroxylation is 2. The molecule has 0 unspecified atom stereocenters. The number of aliphatic hydroxyl groups is 1. The number of hydrogen-bond donors (Lipinski definition) is 2. The average Bonchev–Trinajstić information content (AvgIpc) is 3.13. The molecule has 5 rings (SSSR count). The van der Waals surface area contributed by atoms with E-state index in [2.05, 4.69) is 76.1 Å². The molecular weight excluding hydrogens is 410 g/mol. The van der Waals surface area contributed by atoms with Crippen molar-refractivity contribution < 1.29 is 10.2 Å². The standard InChI is InChI=1S/C28H29N3O2/c1-19-8-9-26-23(14-19)25-17-30(16-24-22(18-32)15-29-20(2)28(24)33)12-11-27(25)31(26)13-10-21-6-4-3-5-7-21/h3-10,13-15,32-33H,11-12,16-18H2,1-2H3. The predicted molar refractivity (Wildman–Crippen MR) is 133 cm³/mol. The molecule has 0 saturated carbocycles. The van der Waals surface area contributed by atoms with Crippen molar-refractivity contribution in [3.05, 3.63) is 93.9 Å².